The van der Waals surface area contributed by atoms with Gasteiger partial charge in [-0.2, -0.15) is 0 Å². The molecule has 5 N–H and O–H groups in total. The predicted molar refractivity (Wildman–Crippen MR) is 121 cm³/mol. The minimum Gasteiger partial charge on any atom is -0.435 e. The minimum absolute atomic E-state index is 0.204. The molecule has 10 nitrogen and oxygen atoms in total. The molecule has 4 atom stereocenters. The molecule has 194 valence electrons. The van der Waals surface area contributed by atoms with Crippen LogP contribution in [-0.2, 0) is 19.1 Å². The lowest BCUT2D eigenvalue weighted by molar-refractivity contribution is -0.131. The van der Waals surface area contributed by atoms with E-state index >= 15 is 0 Å². The number of unbranched alkanes of at least 4 members (excludes halogenated alkanes) is 10. The van der Waals surface area contributed by atoms with Crippen molar-refractivity contribution in [3.8, 4) is 0 Å². The molecule has 0 aliphatic carbocycles. The van der Waals surface area contributed by atoms with Gasteiger partial charge >= 0.3 is 6.16 Å². The first-order chi connectivity index (χ1) is 15.9. The first-order valence-electron chi connectivity index (χ1n) is 12.1. The maximum atomic E-state index is 11.9. The number of aliphatic hydroxyl groups is 4. The van der Waals surface area contributed by atoms with E-state index in [2.05, 4.69) is 10.1 Å². The van der Waals surface area contributed by atoms with Gasteiger partial charge in [0, 0.05) is 6.42 Å². The molecule has 0 aliphatic heterocycles. The molecule has 0 heterocycles. The number of ether oxygens (including phenoxy) is 2. The van der Waals surface area contributed by atoms with Crippen molar-refractivity contribution < 1.29 is 44.3 Å². The molecule has 0 fully saturated rings. The predicted octanol–water partition coefficient (Wildman–Crippen LogP) is 1.60. The first kappa shape index (κ1) is 31.2. The molecule has 1 amide bonds. The summed E-state index contributed by atoms with van der Waals surface area (Å²) in [5.74, 6) is -0.413. The van der Waals surface area contributed by atoms with Crippen molar-refractivity contribution in [2.24, 2.45) is 0 Å². The SMILES string of the molecule is CCOC(=O)OCCCCCCCCCCCCCC(=O)N[C@@H](C=O)[C@@H](O)[C@H](O)[C@H](O)CO. The summed E-state index contributed by atoms with van der Waals surface area (Å²) in [6, 6.07) is -1.35. The Balaban J connectivity index is 3.61. The standard InChI is InChI=1S/C23H43NO9/c1-2-32-23(31)33-15-13-11-9-7-5-3-4-6-8-10-12-14-20(28)24-18(16-25)21(29)22(30)19(27)17-26/h16,18-19,21-22,26-27,29-30H,2-15,17H2,1H3,(H,24,28)/t18-,19+,21+,22+/m0/s1. The molecule has 33 heavy (non-hydrogen) atoms. The maximum absolute atomic E-state index is 11.9. The number of hydrogen-bond donors (Lipinski definition) is 5. The molecule has 0 saturated heterocycles. The summed E-state index contributed by atoms with van der Waals surface area (Å²) in [5.41, 5.74) is 0. The third-order valence-corrected chi connectivity index (χ3v) is 5.30. The highest BCUT2D eigenvalue weighted by Gasteiger charge is 2.31. The van der Waals surface area contributed by atoms with Gasteiger partial charge in [0.05, 0.1) is 19.8 Å². The summed E-state index contributed by atoms with van der Waals surface area (Å²) >= 11 is 0. The van der Waals surface area contributed by atoms with Crippen molar-refractivity contribution in [2.45, 2.75) is 108 Å². The van der Waals surface area contributed by atoms with Crippen LogP contribution in [0.2, 0.25) is 0 Å². The van der Waals surface area contributed by atoms with Gasteiger partial charge in [0.1, 0.15) is 30.6 Å². The van der Waals surface area contributed by atoms with E-state index in [0.717, 1.165) is 51.4 Å². The van der Waals surface area contributed by atoms with Crippen molar-refractivity contribution in [1.29, 1.82) is 0 Å². The van der Waals surface area contributed by atoms with Gasteiger partial charge in [-0.3, -0.25) is 4.79 Å². The smallest absolute Gasteiger partial charge is 0.435 e. The highest BCUT2D eigenvalue weighted by atomic mass is 16.7. The van der Waals surface area contributed by atoms with Gasteiger partial charge in [-0.15, -0.1) is 0 Å². The molecule has 10 heteroatoms. The van der Waals surface area contributed by atoms with E-state index in [-0.39, 0.29) is 6.42 Å². The Hall–Kier alpha value is -1.75. The van der Waals surface area contributed by atoms with Crippen LogP contribution >= 0.6 is 0 Å². The molecule has 0 unspecified atom stereocenters. The summed E-state index contributed by atoms with van der Waals surface area (Å²) in [7, 11) is 0. The molecule has 0 spiro atoms. The van der Waals surface area contributed by atoms with Gasteiger partial charge in [-0.1, -0.05) is 57.8 Å². The largest absolute Gasteiger partial charge is 0.508 e. The summed E-state index contributed by atoms with van der Waals surface area (Å²) in [4.78, 5) is 34.0. The van der Waals surface area contributed by atoms with Gasteiger partial charge in [-0.25, -0.2) is 4.79 Å². The Kier molecular flexibility index (Phi) is 19.7. The van der Waals surface area contributed by atoms with Gasteiger partial charge < -0.3 is 40.0 Å². The molecule has 0 saturated carbocycles. The highest BCUT2D eigenvalue weighted by molar-refractivity contribution is 5.79. The van der Waals surface area contributed by atoms with Crippen molar-refractivity contribution >= 4 is 18.3 Å². The summed E-state index contributed by atoms with van der Waals surface area (Å²) in [5, 5.41) is 40.0. The Bertz CT molecular complexity index is 518. The zero-order chi connectivity index (χ0) is 24.9. The highest BCUT2D eigenvalue weighted by Crippen LogP contribution is 2.12. The van der Waals surface area contributed by atoms with E-state index in [1.165, 1.54) is 12.8 Å². The summed E-state index contributed by atoms with van der Waals surface area (Å²) < 4.78 is 9.59. The average Bonchev–Trinajstić information content (AvgIpc) is 2.81. The quantitative estimate of drug-likeness (QED) is 0.0938. The van der Waals surface area contributed by atoms with Crippen molar-refractivity contribution in [3.05, 3.63) is 0 Å². The van der Waals surface area contributed by atoms with Crippen LogP contribution in [0.3, 0.4) is 0 Å². The number of amides is 1. The zero-order valence-corrected chi connectivity index (χ0v) is 19.8. The number of nitrogens with one attached hydrogen (secondary N) is 1. The average molecular weight is 478 g/mol. The molecule has 0 aromatic carbocycles. The molecule has 0 aromatic heterocycles. The summed E-state index contributed by atoms with van der Waals surface area (Å²) in [6.07, 6.45) is 6.15. The van der Waals surface area contributed by atoms with Crippen LogP contribution in [0.25, 0.3) is 0 Å². The molecule has 0 rings (SSSR count). The minimum atomic E-state index is -1.74. The van der Waals surface area contributed by atoms with Gasteiger partial charge in [0.15, 0.2) is 0 Å². The Morgan fingerprint density at radius 1 is 0.818 bits per heavy atom. The molecule has 0 aliphatic rings. The third-order valence-electron chi connectivity index (χ3n) is 5.30. The van der Waals surface area contributed by atoms with Gasteiger partial charge in [-0.05, 0) is 19.8 Å². The number of aliphatic hydroxyl groups excluding tert-OH is 4. The lowest BCUT2D eigenvalue weighted by Crippen LogP contribution is -2.53. The molecule has 0 bridgehead atoms. The molecular weight excluding hydrogens is 434 g/mol. The van der Waals surface area contributed by atoms with Gasteiger partial charge in [0.2, 0.25) is 5.91 Å². The fourth-order valence-corrected chi connectivity index (χ4v) is 3.30. The van der Waals surface area contributed by atoms with Crippen molar-refractivity contribution in [1.82, 2.24) is 5.32 Å². The van der Waals surface area contributed by atoms with Gasteiger partial charge in [0.25, 0.3) is 0 Å². The van der Waals surface area contributed by atoms with Crippen LogP contribution in [0.15, 0.2) is 0 Å². The van der Waals surface area contributed by atoms with Crippen molar-refractivity contribution in [2.75, 3.05) is 19.8 Å². The Morgan fingerprint density at radius 3 is 1.82 bits per heavy atom. The van der Waals surface area contributed by atoms with E-state index in [1.807, 2.05) is 0 Å². The fraction of sp³-hybridized carbons (Fsp3) is 0.870. The van der Waals surface area contributed by atoms with E-state index in [1.54, 1.807) is 6.92 Å². The van der Waals surface area contributed by atoms with Crippen LogP contribution in [0, 0.1) is 0 Å². The second kappa shape index (κ2) is 20.8. The van der Waals surface area contributed by atoms with Crippen LogP contribution in [0.4, 0.5) is 4.79 Å². The van der Waals surface area contributed by atoms with Crippen LogP contribution < -0.4 is 5.32 Å². The molecular formula is C23H43NO9. The van der Waals surface area contributed by atoms with E-state index in [9.17, 15) is 29.7 Å². The topological polar surface area (TPSA) is 163 Å². The number of carbonyl (C=O) groups excluding carboxylic acids is 3. The lowest BCUT2D eigenvalue weighted by atomic mass is 10.0. The maximum Gasteiger partial charge on any atom is 0.508 e. The van der Waals surface area contributed by atoms with E-state index < -0.39 is 43.0 Å². The second-order valence-corrected chi connectivity index (χ2v) is 8.13. The molecule has 0 aromatic rings. The number of hydrogen-bond acceptors (Lipinski definition) is 9. The van der Waals surface area contributed by atoms with E-state index in [4.69, 9.17) is 9.84 Å². The Morgan fingerprint density at radius 2 is 1.33 bits per heavy atom. The van der Waals surface area contributed by atoms with Crippen molar-refractivity contribution in [3.63, 3.8) is 0 Å². The number of carbonyl (C=O) groups is 3. The van der Waals surface area contributed by atoms with E-state index in [0.29, 0.717) is 25.9 Å². The second-order valence-electron chi connectivity index (χ2n) is 8.13. The summed E-state index contributed by atoms with van der Waals surface area (Å²) in [6.45, 7) is 1.70. The van der Waals surface area contributed by atoms with Crippen LogP contribution in [-0.4, -0.2) is 82.9 Å². The zero-order valence-electron chi connectivity index (χ0n) is 19.8. The number of aldehydes is 1. The lowest BCUT2D eigenvalue weighted by Gasteiger charge is -2.26. The molecule has 0 radical (unpaired) electrons. The monoisotopic (exact) mass is 477 g/mol. The third kappa shape index (κ3) is 16.5. The Labute approximate surface area is 196 Å². The van der Waals surface area contributed by atoms with Crippen LogP contribution in [0.5, 0.6) is 0 Å². The van der Waals surface area contributed by atoms with Crippen LogP contribution in [0.1, 0.15) is 84.0 Å². The first-order valence-corrected chi connectivity index (χ1v) is 12.1. The fourth-order valence-electron chi connectivity index (χ4n) is 3.30. The number of rotatable bonds is 21. The normalized spacial score (nSPS) is 14.7.